The Morgan fingerprint density at radius 3 is 2.21 bits per heavy atom. The van der Waals surface area contributed by atoms with Gasteiger partial charge in [-0.1, -0.05) is 30.3 Å². The number of nitrogens with one attached hydrogen (secondary N) is 2. The summed E-state index contributed by atoms with van der Waals surface area (Å²) in [5.74, 6) is -2.21. The number of rotatable bonds is 8. The monoisotopic (exact) mass is 497 g/mol. The van der Waals surface area contributed by atoms with Gasteiger partial charge in [0, 0.05) is 23.3 Å². The molecule has 6 nitrogen and oxygen atoms in total. The van der Waals surface area contributed by atoms with Crippen molar-refractivity contribution >= 4 is 40.3 Å². The molecule has 148 valence electrons. The first-order chi connectivity index (χ1) is 13.3. The van der Waals surface area contributed by atoms with Crippen LogP contribution in [-0.2, 0) is 27.2 Å². The lowest BCUT2D eigenvalue weighted by molar-refractivity contribution is -0.130. The van der Waals surface area contributed by atoms with Crippen molar-refractivity contribution in [2.45, 2.75) is 31.8 Å². The summed E-state index contributed by atoms with van der Waals surface area (Å²) in [6.07, 6.45) is 0.164. The molecule has 2 aromatic carbocycles. The van der Waals surface area contributed by atoms with Crippen molar-refractivity contribution in [1.29, 1.82) is 0 Å². The predicted octanol–water partition coefficient (Wildman–Crippen LogP) is 1.69. The van der Waals surface area contributed by atoms with Crippen molar-refractivity contribution in [2.75, 3.05) is 0 Å². The van der Waals surface area contributed by atoms with Crippen molar-refractivity contribution < 1.29 is 18.8 Å². The van der Waals surface area contributed by atoms with Gasteiger partial charge in [0.25, 0.3) is 0 Å². The van der Waals surface area contributed by atoms with E-state index in [-0.39, 0.29) is 18.4 Å². The zero-order valence-electron chi connectivity index (χ0n) is 15.2. The van der Waals surface area contributed by atoms with Crippen molar-refractivity contribution in [3.05, 3.63) is 69.0 Å². The summed E-state index contributed by atoms with van der Waals surface area (Å²) in [5.41, 5.74) is 6.55. The summed E-state index contributed by atoms with van der Waals surface area (Å²) >= 11 is 2.16. The number of amides is 3. The summed E-state index contributed by atoms with van der Waals surface area (Å²) in [7, 11) is 0. The van der Waals surface area contributed by atoms with Crippen LogP contribution in [0.2, 0.25) is 0 Å². The third-order valence-corrected chi connectivity index (χ3v) is 4.81. The Labute approximate surface area is 176 Å². The molecule has 2 atom stereocenters. The number of nitrogens with two attached hydrogens (primary N) is 1. The number of primary amides is 1. The fraction of sp³-hybridized carbons (Fsp3) is 0.250. The van der Waals surface area contributed by atoms with E-state index in [0.29, 0.717) is 0 Å². The van der Waals surface area contributed by atoms with Gasteiger partial charge in [0.2, 0.25) is 17.7 Å². The molecule has 0 aliphatic carbocycles. The molecule has 0 aromatic heterocycles. The van der Waals surface area contributed by atoms with Gasteiger partial charge in [0.15, 0.2) is 0 Å². The van der Waals surface area contributed by atoms with Gasteiger partial charge >= 0.3 is 0 Å². The average Bonchev–Trinajstić information content (AvgIpc) is 2.63. The van der Waals surface area contributed by atoms with Gasteiger partial charge in [0.05, 0.1) is 0 Å². The number of carbonyl (C=O) groups excluding carboxylic acids is 3. The van der Waals surface area contributed by atoms with Crippen LogP contribution in [0.3, 0.4) is 0 Å². The number of carbonyl (C=O) groups is 3. The highest BCUT2D eigenvalue weighted by Gasteiger charge is 2.26. The maximum absolute atomic E-state index is 13.9. The lowest BCUT2D eigenvalue weighted by Gasteiger charge is -2.22. The van der Waals surface area contributed by atoms with Crippen LogP contribution in [0.5, 0.6) is 0 Å². The highest BCUT2D eigenvalue weighted by molar-refractivity contribution is 14.1. The third-order valence-electron chi connectivity index (χ3n) is 4.09. The second-order valence-electron chi connectivity index (χ2n) is 6.34. The Morgan fingerprint density at radius 2 is 1.64 bits per heavy atom. The highest BCUT2D eigenvalue weighted by atomic mass is 127. The van der Waals surface area contributed by atoms with Crippen molar-refractivity contribution in [3.8, 4) is 0 Å². The highest BCUT2D eigenvalue weighted by Crippen LogP contribution is 2.11. The first-order valence-corrected chi connectivity index (χ1v) is 9.68. The van der Waals surface area contributed by atoms with Gasteiger partial charge in [-0.25, -0.2) is 4.39 Å². The van der Waals surface area contributed by atoms with Crippen LogP contribution in [0.25, 0.3) is 0 Å². The Balaban J connectivity index is 2.14. The molecule has 8 heteroatoms. The molecule has 0 radical (unpaired) electrons. The van der Waals surface area contributed by atoms with E-state index in [1.165, 1.54) is 25.1 Å². The standard InChI is InChI=1S/C20H21FIN3O3/c1-12(26)24-18(11-14-4-2-3-5-16(14)21)20(28)25-17(19(23)27)10-13-6-8-15(22)9-7-13/h2-9,17-18H,10-11H2,1H3,(H2,23,27)(H,24,26)(H,25,28)/t17-,18+/m1/s1. The van der Waals surface area contributed by atoms with Crippen LogP contribution in [0.4, 0.5) is 4.39 Å². The molecule has 2 aromatic rings. The normalized spacial score (nSPS) is 12.7. The van der Waals surface area contributed by atoms with E-state index in [4.69, 9.17) is 5.73 Å². The summed E-state index contributed by atoms with van der Waals surface area (Å²) < 4.78 is 15.0. The van der Waals surface area contributed by atoms with Gasteiger partial charge in [0.1, 0.15) is 17.9 Å². The minimum absolute atomic E-state index is 0.0485. The maximum atomic E-state index is 13.9. The molecule has 0 fully saturated rings. The molecule has 3 amide bonds. The fourth-order valence-electron chi connectivity index (χ4n) is 2.69. The number of hydrogen-bond donors (Lipinski definition) is 3. The molecule has 28 heavy (non-hydrogen) atoms. The van der Waals surface area contributed by atoms with Crippen LogP contribution < -0.4 is 16.4 Å². The van der Waals surface area contributed by atoms with E-state index in [2.05, 4.69) is 33.2 Å². The molecule has 0 spiro atoms. The quantitative estimate of drug-likeness (QED) is 0.484. The zero-order chi connectivity index (χ0) is 20.7. The van der Waals surface area contributed by atoms with Gasteiger partial charge in [-0.05, 0) is 51.9 Å². The molecular weight excluding hydrogens is 476 g/mol. The first-order valence-electron chi connectivity index (χ1n) is 8.61. The van der Waals surface area contributed by atoms with Crippen molar-refractivity contribution in [2.24, 2.45) is 5.73 Å². The molecule has 2 rings (SSSR count). The minimum atomic E-state index is -1.03. The van der Waals surface area contributed by atoms with Gasteiger partial charge < -0.3 is 16.4 Å². The third kappa shape index (κ3) is 6.59. The molecule has 0 unspecified atom stereocenters. The lowest BCUT2D eigenvalue weighted by Crippen LogP contribution is -2.54. The summed E-state index contributed by atoms with van der Waals surface area (Å²) in [6.45, 7) is 1.26. The van der Waals surface area contributed by atoms with E-state index >= 15 is 0 Å². The first kappa shape index (κ1) is 21.8. The van der Waals surface area contributed by atoms with E-state index < -0.39 is 35.6 Å². The van der Waals surface area contributed by atoms with Crippen LogP contribution in [0.15, 0.2) is 48.5 Å². The molecule has 0 bridgehead atoms. The smallest absolute Gasteiger partial charge is 0.243 e. The SMILES string of the molecule is CC(=O)N[C@@H](Cc1ccccc1F)C(=O)N[C@H](Cc1ccc(I)cc1)C(N)=O. The second-order valence-corrected chi connectivity index (χ2v) is 7.59. The number of hydrogen-bond acceptors (Lipinski definition) is 3. The zero-order valence-corrected chi connectivity index (χ0v) is 17.4. The predicted molar refractivity (Wildman–Crippen MR) is 112 cm³/mol. The van der Waals surface area contributed by atoms with Crippen molar-refractivity contribution in [1.82, 2.24) is 10.6 Å². The molecule has 4 N–H and O–H groups in total. The topological polar surface area (TPSA) is 101 Å². The van der Waals surface area contributed by atoms with Crippen molar-refractivity contribution in [3.63, 3.8) is 0 Å². The van der Waals surface area contributed by atoms with E-state index in [1.54, 1.807) is 6.07 Å². The molecule has 0 saturated heterocycles. The van der Waals surface area contributed by atoms with Crippen LogP contribution >= 0.6 is 22.6 Å². The summed E-state index contributed by atoms with van der Waals surface area (Å²) in [4.78, 5) is 36.0. The van der Waals surface area contributed by atoms with Crippen LogP contribution in [0, 0.1) is 9.39 Å². The van der Waals surface area contributed by atoms with E-state index in [0.717, 1.165) is 9.13 Å². The molecule has 0 heterocycles. The summed E-state index contributed by atoms with van der Waals surface area (Å²) in [6, 6.07) is 11.5. The van der Waals surface area contributed by atoms with E-state index in [9.17, 15) is 18.8 Å². The van der Waals surface area contributed by atoms with Gasteiger partial charge in [-0.15, -0.1) is 0 Å². The summed E-state index contributed by atoms with van der Waals surface area (Å²) in [5, 5.41) is 5.07. The molecule has 0 aliphatic heterocycles. The Bertz CT molecular complexity index is 858. The largest absolute Gasteiger partial charge is 0.368 e. The maximum Gasteiger partial charge on any atom is 0.243 e. The van der Waals surface area contributed by atoms with Gasteiger partial charge in [-0.3, -0.25) is 14.4 Å². The van der Waals surface area contributed by atoms with Crippen LogP contribution in [-0.4, -0.2) is 29.8 Å². The Kier molecular flexibility index (Phi) is 7.91. The lowest BCUT2D eigenvalue weighted by atomic mass is 10.0. The van der Waals surface area contributed by atoms with E-state index in [1.807, 2.05) is 24.3 Å². The molecular formula is C20H21FIN3O3. The van der Waals surface area contributed by atoms with Crippen LogP contribution in [0.1, 0.15) is 18.1 Å². The molecule has 0 saturated carbocycles. The fourth-order valence-corrected chi connectivity index (χ4v) is 3.05. The molecule has 0 aliphatic rings. The number of benzene rings is 2. The Hall–Kier alpha value is -2.49. The Morgan fingerprint density at radius 1 is 1.00 bits per heavy atom. The van der Waals surface area contributed by atoms with Gasteiger partial charge in [-0.2, -0.15) is 0 Å². The second kappa shape index (κ2) is 10.2. The number of halogens is 2. The minimum Gasteiger partial charge on any atom is -0.368 e. The average molecular weight is 497 g/mol.